The van der Waals surface area contributed by atoms with Crippen LogP contribution >= 0.6 is 0 Å². The molecule has 0 bridgehead atoms. The minimum atomic E-state index is -0.727. The monoisotopic (exact) mass is 370 g/mol. The summed E-state index contributed by atoms with van der Waals surface area (Å²) < 4.78 is 32.2. The number of nitrogens with zero attached hydrogens (tertiary/aromatic N) is 4. The van der Waals surface area contributed by atoms with Crippen molar-refractivity contribution in [3.63, 3.8) is 0 Å². The van der Waals surface area contributed by atoms with E-state index in [1.807, 2.05) is 6.07 Å². The molecule has 1 aliphatic heterocycles. The van der Waals surface area contributed by atoms with Crippen molar-refractivity contribution in [1.29, 1.82) is 0 Å². The lowest BCUT2D eigenvalue weighted by atomic mass is 10.1. The van der Waals surface area contributed by atoms with E-state index in [9.17, 15) is 13.6 Å². The van der Waals surface area contributed by atoms with Gasteiger partial charge >= 0.3 is 0 Å². The lowest BCUT2D eigenvalue weighted by molar-refractivity contribution is -0.131. The van der Waals surface area contributed by atoms with Gasteiger partial charge in [0, 0.05) is 18.8 Å². The fourth-order valence-corrected chi connectivity index (χ4v) is 3.22. The quantitative estimate of drug-likeness (QED) is 0.705. The predicted molar refractivity (Wildman–Crippen MR) is 91.3 cm³/mol. The van der Waals surface area contributed by atoms with Gasteiger partial charge in [0.25, 0.3) is 0 Å². The normalized spacial score (nSPS) is 16.7. The molecule has 1 amide bonds. The summed E-state index contributed by atoms with van der Waals surface area (Å²) in [7, 11) is 0. The molecule has 3 aromatic rings. The highest BCUT2D eigenvalue weighted by atomic mass is 19.1. The molecule has 138 valence electrons. The molecule has 1 aliphatic rings. The second-order valence-electron chi connectivity index (χ2n) is 6.33. The number of halogens is 2. The Bertz CT molecular complexity index is 961. The number of carbonyl (C=O) groups is 1. The van der Waals surface area contributed by atoms with Crippen molar-refractivity contribution < 1.29 is 18.1 Å². The van der Waals surface area contributed by atoms with Crippen LogP contribution in [-0.2, 0) is 11.2 Å². The van der Waals surface area contributed by atoms with Gasteiger partial charge in [-0.05, 0) is 36.6 Å². The van der Waals surface area contributed by atoms with Gasteiger partial charge in [-0.3, -0.25) is 9.78 Å². The Morgan fingerprint density at radius 1 is 1.26 bits per heavy atom. The van der Waals surface area contributed by atoms with Crippen molar-refractivity contribution in [3.05, 3.63) is 65.7 Å². The minimum Gasteiger partial charge on any atom is -0.337 e. The van der Waals surface area contributed by atoms with E-state index in [0.29, 0.717) is 30.4 Å². The Balaban J connectivity index is 1.52. The molecule has 27 heavy (non-hydrogen) atoms. The Hall–Kier alpha value is -3.16. The number of carbonyl (C=O) groups excluding carboxylic acids is 1. The number of rotatable bonds is 4. The van der Waals surface area contributed by atoms with Crippen LogP contribution in [0.5, 0.6) is 0 Å². The van der Waals surface area contributed by atoms with Gasteiger partial charge in [-0.1, -0.05) is 17.3 Å². The summed E-state index contributed by atoms with van der Waals surface area (Å²) in [6, 6.07) is 8.23. The average molecular weight is 370 g/mol. The first-order valence-electron chi connectivity index (χ1n) is 8.60. The standard InChI is InChI=1S/C19H16F2N4O2/c20-13-7-6-12(14(21)11-13)10-17(26)25-9-3-5-16(25)19-23-18(24-27-19)15-4-1-2-8-22-15/h1-2,4,6-8,11,16H,3,5,9-10H2/t16-/m1/s1. The van der Waals surface area contributed by atoms with Crippen molar-refractivity contribution in [2.24, 2.45) is 0 Å². The third kappa shape index (κ3) is 3.55. The first-order chi connectivity index (χ1) is 13.1. The van der Waals surface area contributed by atoms with Crippen molar-refractivity contribution in [2.75, 3.05) is 6.54 Å². The van der Waals surface area contributed by atoms with E-state index in [-0.39, 0.29) is 23.9 Å². The van der Waals surface area contributed by atoms with Crippen LogP contribution < -0.4 is 0 Å². The van der Waals surface area contributed by atoms with Gasteiger partial charge in [0.15, 0.2) is 0 Å². The Morgan fingerprint density at radius 3 is 2.93 bits per heavy atom. The molecule has 2 aromatic heterocycles. The number of amides is 1. The third-order valence-electron chi connectivity index (χ3n) is 4.55. The SMILES string of the molecule is O=C(Cc1ccc(F)cc1F)N1CCC[C@@H]1c1nc(-c2ccccn2)no1. The Morgan fingerprint density at radius 2 is 2.15 bits per heavy atom. The van der Waals surface area contributed by atoms with Gasteiger partial charge in [0.2, 0.25) is 17.6 Å². The second-order valence-corrected chi connectivity index (χ2v) is 6.33. The maximum atomic E-state index is 13.9. The smallest absolute Gasteiger partial charge is 0.249 e. The summed E-state index contributed by atoms with van der Waals surface area (Å²) >= 11 is 0. The molecule has 0 saturated carbocycles. The van der Waals surface area contributed by atoms with E-state index in [1.165, 1.54) is 6.07 Å². The lowest BCUT2D eigenvalue weighted by Gasteiger charge is -2.22. The zero-order valence-electron chi connectivity index (χ0n) is 14.3. The second kappa shape index (κ2) is 7.22. The van der Waals surface area contributed by atoms with Gasteiger partial charge < -0.3 is 9.42 Å². The largest absolute Gasteiger partial charge is 0.337 e. The van der Waals surface area contributed by atoms with Crippen LogP contribution in [0.2, 0.25) is 0 Å². The number of likely N-dealkylation sites (tertiary alicyclic amines) is 1. The van der Waals surface area contributed by atoms with Crippen molar-refractivity contribution in [2.45, 2.75) is 25.3 Å². The zero-order chi connectivity index (χ0) is 18.8. The van der Waals surface area contributed by atoms with E-state index in [4.69, 9.17) is 4.52 Å². The minimum absolute atomic E-state index is 0.149. The summed E-state index contributed by atoms with van der Waals surface area (Å²) in [6.45, 7) is 0.521. The lowest BCUT2D eigenvalue weighted by Crippen LogP contribution is -2.32. The summed E-state index contributed by atoms with van der Waals surface area (Å²) in [5, 5.41) is 3.94. The predicted octanol–water partition coefficient (Wildman–Crippen LogP) is 3.32. The molecular formula is C19H16F2N4O2. The molecule has 1 aromatic carbocycles. The Labute approximate surface area is 153 Å². The summed E-state index contributed by atoms with van der Waals surface area (Å²) in [5.41, 5.74) is 0.739. The molecule has 0 N–H and O–H groups in total. The number of hydrogen-bond donors (Lipinski definition) is 0. The maximum Gasteiger partial charge on any atom is 0.249 e. The van der Waals surface area contributed by atoms with E-state index < -0.39 is 11.6 Å². The summed E-state index contributed by atoms with van der Waals surface area (Å²) in [6.07, 6.45) is 2.95. The maximum absolute atomic E-state index is 13.9. The van der Waals surface area contributed by atoms with Crippen molar-refractivity contribution >= 4 is 5.91 Å². The average Bonchev–Trinajstić information content (AvgIpc) is 3.33. The van der Waals surface area contributed by atoms with Gasteiger partial charge in [0.1, 0.15) is 23.4 Å². The highest BCUT2D eigenvalue weighted by Crippen LogP contribution is 2.32. The number of hydrogen-bond acceptors (Lipinski definition) is 5. The Kier molecular flexibility index (Phi) is 4.62. The van der Waals surface area contributed by atoms with E-state index >= 15 is 0 Å². The van der Waals surface area contributed by atoms with Crippen LogP contribution in [0, 0.1) is 11.6 Å². The van der Waals surface area contributed by atoms with Crippen LogP contribution in [0.1, 0.15) is 30.3 Å². The molecule has 6 nitrogen and oxygen atoms in total. The van der Waals surface area contributed by atoms with Crippen LogP contribution in [0.15, 0.2) is 47.1 Å². The first-order valence-corrected chi connectivity index (χ1v) is 8.60. The molecule has 1 atom stereocenters. The molecule has 8 heteroatoms. The molecular weight excluding hydrogens is 354 g/mol. The van der Waals surface area contributed by atoms with E-state index in [2.05, 4.69) is 15.1 Å². The number of pyridine rings is 1. The number of aromatic nitrogens is 3. The van der Waals surface area contributed by atoms with Crippen LogP contribution in [-0.4, -0.2) is 32.5 Å². The zero-order valence-corrected chi connectivity index (χ0v) is 14.3. The molecule has 1 saturated heterocycles. The van der Waals surface area contributed by atoms with Crippen LogP contribution in [0.3, 0.4) is 0 Å². The van der Waals surface area contributed by atoms with Crippen molar-refractivity contribution in [1.82, 2.24) is 20.0 Å². The molecule has 0 aliphatic carbocycles. The molecule has 4 rings (SSSR count). The highest BCUT2D eigenvalue weighted by molar-refractivity contribution is 5.79. The molecule has 1 fully saturated rings. The van der Waals surface area contributed by atoms with E-state index in [1.54, 1.807) is 23.2 Å². The molecule has 0 spiro atoms. The molecule has 3 heterocycles. The van der Waals surface area contributed by atoms with Crippen LogP contribution in [0.4, 0.5) is 8.78 Å². The number of benzene rings is 1. The van der Waals surface area contributed by atoms with E-state index in [0.717, 1.165) is 18.6 Å². The van der Waals surface area contributed by atoms with Crippen molar-refractivity contribution in [3.8, 4) is 11.5 Å². The topological polar surface area (TPSA) is 72.1 Å². The fraction of sp³-hybridized carbons (Fsp3) is 0.263. The summed E-state index contributed by atoms with van der Waals surface area (Å²) in [4.78, 5) is 22.8. The molecule has 0 radical (unpaired) electrons. The first kappa shape index (κ1) is 17.3. The van der Waals surface area contributed by atoms with Crippen LogP contribution in [0.25, 0.3) is 11.5 Å². The highest BCUT2D eigenvalue weighted by Gasteiger charge is 2.34. The van der Waals surface area contributed by atoms with Gasteiger partial charge in [0.05, 0.1) is 6.42 Å². The fourth-order valence-electron chi connectivity index (χ4n) is 3.22. The van der Waals surface area contributed by atoms with Gasteiger partial charge in [-0.15, -0.1) is 0 Å². The molecule has 0 unspecified atom stereocenters. The van der Waals surface area contributed by atoms with Gasteiger partial charge in [-0.2, -0.15) is 4.98 Å². The summed E-state index contributed by atoms with van der Waals surface area (Å²) in [5.74, 6) is -0.971. The van der Waals surface area contributed by atoms with Gasteiger partial charge in [-0.25, -0.2) is 8.78 Å². The third-order valence-corrected chi connectivity index (χ3v) is 4.55.